The van der Waals surface area contributed by atoms with Gasteiger partial charge in [0.25, 0.3) is 0 Å². The monoisotopic (exact) mass is 1100 g/mol. The van der Waals surface area contributed by atoms with E-state index in [1.165, 1.54) is 36.9 Å². The first-order valence-corrected chi connectivity index (χ1v) is 25.2. The molecule has 2 fully saturated rings. The molecule has 2 aliphatic heterocycles. The maximum atomic E-state index is 13.4. The smallest absolute Gasteiger partial charge is 0.411 e. The standard InChI is InChI=1S/C24H21F4N5O4S.C24H19F4N5O3S.CH4/c25-17-3-6-19(7-4-17)38(36,37)33-11-1-10-23(33,14-32-35)22(34)9-5-18-12-20(31-15-30-18)16-2-8-21(29-13-16)24(26,27)28;25-17-3-6-19(7-4-17)37(35,36)33-11-1-10-23(33,14-29)22(34)9-5-18-12-20(32-15-31-18)16-2-8-21(30-13-16)24(26,27)28;/h2-4,6-8,12-15,35H,1,5,9-11H2;2-4,6-8,12-13,15H,1,5,9-11H2;1H4/b32-14+;;/t2*23-;/m11./s1. The van der Waals surface area contributed by atoms with E-state index in [1.807, 2.05) is 6.07 Å². The Balaban J connectivity index is 0.000000244. The van der Waals surface area contributed by atoms with Crippen LogP contribution in [0.1, 0.15) is 68.7 Å². The number of carbonyl (C=O) groups is 2. The van der Waals surface area contributed by atoms with Crippen LogP contribution < -0.4 is 0 Å². The quantitative estimate of drug-likeness (QED) is 0.0439. The number of aromatic nitrogens is 6. The zero-order valence-electron chi connectivity index (χ0n) is 38.7. The van der Waals surface area contributed by atoms with Crippen LogP contribution in [-0.4, -0.2) is 103 Å². The van der Waals surface area contributed by atoms with Gasteiger partial charge >= 0.3 is 12.4 Å². The Morgan fingerprint density at radius 1 is 0.645 bits per heavy atom. The molecule has 0 spiro atoms. The van der Waals surface area contributed by atoms with Crippen molar-refractivity contribution in [1.82, 2.24) is 38.5 Å². The molecule has 6 aromatic rings. The highest BCUT2D eigenvalue weighted by Crippen LogP contribution is 2.38. The van der Waals surface area contributed by atoms with E-state index in [0.717, 1.165) is 87.9 Å². The fourth-order valence-electron chi connectivity index (χ4n) is 8.48. The summed E-state index contributed by atoms with van der Waals surface area (Å²) in [5, 5.41) is 22.2. The number of halogens is 8. The summed E-state index contributed by atoms with van der Waals surface area (Å²) in [6, 6.07) is 17.2. The van der Waals surface area contributed by atoms with Gasteiger partial charge in [-0.15, -0.1) is 0 Å². The van der Waals surface area contributed by atoms with E-state index in [0.29, 0.717) is 28.9 Å². The van der Waals surface area contributed by atoms with Gasteiger partial charge in [-0.3, -0.25) is 19.6 Å². The van der Waals surface area contributed by atoms with Gasteiger partial charge < -0.3 is 5.21 Å². The van der Waals surface area contributed by atoms with Gasteiger partial charge in [-0.05, 0) is 123 Å². The van der Waals surface area contributed by atoms with Crippen LogP contribution in [0.15, 0.2) is 125 Å². The van der Waals surface area contributed by atoms with Crippen molar-refractivity contribution in [1.29, 1.82) is 5.26 Å². The van der Waals surface area contributed by atoms with Gasteiger partial charge in [0.05, 0.1) is 33.5 Å². The average molecular weight is 1100 g/mol. The van der Waals surface area contributed by atoms with Crippen molar-refractivity contribution in [3.05, 3.63) is 144 Å². The third-order valence-electron chi connectivity index (χ3n) is 12.3. The van der Waals surface area contributed by atoms with E-state index in [9.17, 15) is 72.0 Å². The summed E-state index contributed by atoms with van der Waals surface area (Å²) in [6.45, 7) is -0.0619. The summed E-state index contributed by atoms with van der Waals surface area (Å²) in [7, 11) is -8.49. The van der Waals surface area contributed by atoms with Crippen LogP contribution in [0.2, 0.25) is 0 Å². The summed E-state index contributed by atoms with van der Waals surface area (Å²) < 4.78 is 158. The van der Waals surface area contributed by atoms with E-state index < -0.39 is 78.1 Å². The molecule has 0 radical (unpaired) electrons. The molecular formula is C49H44F8N10O7S2. The lowest BCUT2D eigenvalue weighted by atomic mass is 9.90. The fraction of sp³-hybridized carbons (Fsp3) is 0.306. The molecule has 1 N–H and O–H groups in total. The maximum absolute atomic E-state index is 13.4. The first kappa shape index (κ1) is 57.7. The molecule has 0 aliphatic carbocycles. The molecule has 76 heavy (non-hydrogen) atoms. The van der Waals surface area contributed by atoms with Crippen molar-refractivity contribution in [2.45, 2.75) is 92.0 Å². The average Bonchev–Trinajstić information content (AvgIpc) is 4.06. The number of ketones is 2. The SMILES string of the molecule is C.N#C[C@@]1(C(=O)CCc2cc(-c3ccc(C(F)(F)F)nc3)ncn2)CCCN1S(=O)(=O)c1ccc(F)cc1.O=C(CCc1cc(-c2ccc(C(F)(F)F)nc2)ncn1)[C@]1(/C=N/O)CCCN1S(=O)(=O)c1ccc(F)cc1. The predicted molar refractivity (Wildman–Crippen MR) is 254 cm³/mol. The van der Waals surface area contributed by atoms with E-state index in [2.05, 4.69) is 35.1 Å². The van der Waals surface area contributed by atoms with Crippen LogP contribution in [0.25, 0.3) is 22.5 Å². The number of aryl methyl sites for hydroxylation is 2. The molecule has 8 rings (SSSR count). The summed E-state index contributed by atoms with van der Waals surface area (Å²) >= 11 is 0. The molecule has 2 aliphatic rings. The van der Waals surface area contributed by atoms with E-state index >= 15 is 0 Å². The van der Waals surface area contributed by atoms with Gasteiger partial charge in [-0.2, -0.15) is 40.2 Å². The Labute approximate surface area is 430 Å². The Morgan fingerprint density at radius 2 is 1.08 bits per heavy atom. The van der Waals surface area contributed by atoms with Crippen LogP contribution >= 0.6 is 0 Å². The molecular weight excluding hydrogens is 1060 g/mol. The molecule has 17 nitrogen and oxygen atoms in total. The number of hydrogen-bond donors (Lipinski definition) is 1. The van der Waals surface area contributed by atoms with Crippen molar-refractivity contribution in [2.75, 3.05) is 13.1 Å². The highest BCUT2D eigenvalue weighted by molar-refractivity contribution is 7.89. The summed E-state index contributed by atoms with van der Waals surface area (Å²) in [5.74, 6) is -2.41. The number of nitriles is 1. The second-order valence-electron chi connectivity index (χ2n) is 16.9. The summed E-state index contributed by atoms with van der Waals surface area (Å²) in [6.07, 6.45) is -3.46. The van der Waals surface area contributed by atoms with Crippen molar-refractivity contribution in [2.24, 2.45) is 5.16 Å². The first-order valence-electron chi connectivity index (χ1n) is 22.4. The first-order chi connectivity index (χ1) is 35.4. The topological polar surface area (TPSA) is 243 Å². The van der Waals surface area contributed by atoms with Crippen molar-refractivity contribution in [3.63, 3.8) is 0 Å². The molecule has 0 unspecified atom stereocenters. The Hall–Kier alpha value is -7.54. The Kier molecular flexibility index (Phi) is 17.6. The van der Waals surface area contributed by atoms with Gasteiger partial charge in [0, 0.05) is 60.8 Å². The number of hydrogen-bond acceptors (Lipinski definition) is 15. The summed E-state index contributed by atoms with van der Waals surface area (Å²) in [4.78, 5) is 49.3. The number of sulfonamides is 2. The van der Waals surface area contributed by atoms with Gasteiger partial charge in [0.15, 0.2) is 17.1 Å². The minimum Gasteiger partial charge on any atom is -0.411 e. The molecule has 27 heteroatoms. The lowest BCUT2D eigenvalue weighted by molar-refractivity contribution is -0.141. The highest BCUT2D eigenvalue weighted by atomic mass is 32.2. The second kappa shape index (κ2) is 23.1. The van der Waals surface area contributed by atoms with Crippen LogP contribution in [0, 0.1) is 23.0 Å². The van der Waals surface area contributed by atoms with Gasteiger partial charge in [0.2, 0.25) is 20.0 Å². The summed E-state index contributed by atoms with van der Waals surface area (Å²) in [5.41, 5.74) is -3.82. The van der Waals surface area contributed by atoms with Gasteiger partial charge in [-0.1, -0.05) is 12.6 Å². The molecule has 400 valence electrons. The number of carbonyl (C=O) groups excluding carboxylic acids is 2. The third-order valence-corrected chi connectivity index (χ3v) is 16.2. The van der Waals surface area contributed by atoms with Crippen molar-refractivity contribution in [3.8, 4) is 28.6 Å². The minimum atomic E-state index is -4.58. The Morgan fingerprint density at radius 3 is 1.50 bits per heavy atom. The number of nitrogens with zero attached hydrogens (tertiary/aromatic N) is 10. The van der Waals surface area contributed by atoms with Crippen LogP contribution in [-0.2, 0) is 54.8 Å². The minimum absolute atomic E-state index is 0. The molecule has 2 atom stereocenters. The fourth-order valence-corrected chi connectivity index (χ4v) is 12.0. The second-order valence-corrected chi connectivity index (χ2v) is 20.6. The molecule has 0 bridgehead atoms. The highest BCUT2D eigenvalue weighted by Gasteiger charge is 2.54. The predicted octanol–water partition coefficient (Wildman–Crippen LogP) is 8.46. The maximum Gasteiger partial charge on any atom is 0.433 e. The molecule has 2 aromatic carbocycles. The number of Topliss-reactive ketones (excluding diaryl/α,β-unsaturated/α-hetero) is 2. The largest absolute Gasteiger partial charge is 0.433 e. The van der Waals surface area contributed by atoms with Crippen LogP contribution in [0.4, 0.5) is 35.1 Å². The number of rotatable bonds is 15. The molecule has 2 saturated heterocycles. The third kappa shape index (κ3) is 12.4. The zero-order chi connectivity index (χ0) is 54.4. The molecule has 0 saturated carbocycles. The molecule has 4 aromatic heterocycles. The number of oxime groups is 1. The lowest BCUT2D eigenvalue weighted by Gasteiger charge is -2.32. The van der Waals surface area contributed by atoms with Gasteiger partial charge in [-0.25, -0.2) is 45.6 Å². The van der Waals surface area contributed by atoms with Crippen LogP contribution in [0.5, 0.6) is 0 Å². The van der Waals surface area contributed by atoms with Crippen molar-refractivity contribution < 1.29 is 66.8 Å². The lowest BCUT2D eigenvalue weighted by Crippen LogP contribution is -2.54. The van der Waals surface area contributed by atoms with E-state index in [4.69, 9.17) is 0 Å². The number of pyridine rings is 2. The normalized spacial score (nSPS) is 18.4. The van der Waals surface area contributed by atoms with Crippen LogP contribution in [0.3, 0.4) is 0 Å². The van der Waals surface area contributed by atoms with Crippen molar-refractivity contribution >= 4 is 37.8 Å². The van der Waals surface area contributed by atoms with Gasteiger partial charge in [0.1, 0.15) is 41.2 Å². The molecule has 0 amide bonds. The van der Waals surface area contributed by atoms with E-state index in [-0.39, 0.29) is 86.6 Å². The zero-order valence-corrected chi connectivity index (χ0v) is 40.4. The molecule has 6 heterocycles. The number of benzene rings is 2. The number of alkyl halides is 6. The van der Waals surface area contributed by atoms with E-state index in [1.54, 1.807) is 0 Å². The Bertz CT molecular complexity index is 3350.